The van der Waals surface area contributed by atoms with Crippen molar-refractivity contribution in [3.8, 4) is 39.7 Å². The molecule has 9 nitrogen and oxygen atoms in total. The van der Waals surface area contributed by atoms with Gasteiger partial charge < -0.3 is 34.4 Å². The lowest BCUT2D eigenvalue weighted by Crippen LogP contribution is -2.21. The Bertz CT molecular complexity index is 2020. The molecule has 1 amide bonds. The number of hydrogen-bond donors (Lipinski definition) is 4. The summed E-state index contributed by atoms with van der Waals surface area (Å²) in [5, 5.41) is 26.0. The van der Waals surface area contributed by atoms with Gasteiger partial charge in [0.25, 0.3) is 5.91 Å². The van der Waals surface area contributed by atoms with Crippen molar-refractivity contribution in [1.82, 2.24) is 10.3 Å². The number of nitrogens with zero attached hydrogens (tertiary/aromatic N) is 1. The fraction of sp³-hybridized carbons (Fsp3) is 0.176. The van der Waals surface area contributed by atoms with Crippen LogP contribution in [0.4, 0.5) is 14.5 Å². The molecule has 2 heterocycles. The number of fused-ring (bicyclic) bond motifs is 2. The number of amides is 1. The normalized spacial score (nSPS) is 12.0. The molecular weight excluding hydrogens is 584 g/mol. The Hall–Kier alpha value is -5.26. The number of anilines is 1. The maximum atomic E-state index is 14.5. The van der Waals surface area contributed by atoms with Gasteiger partial charge in [-0.2, -0.15) is 0 Å². The van der Waals surface area contributed by atoms with Crippen LogP contribution >= 0.6 is 0 Å². The molecular formula is C34H29F2N3O6. The van der Waals surface area contributed by atoms with E-state index in [0.717, 1.165) is 0 Å². The van der Waals surface area contributed by atoms with Crippen LogP contribution in [-0.4, -0.2) is 54.5 Å². The molecule has 0 aliphatic heterocycles. The Morgan fingerprint density at radius 1 is 0.978 bits per heavy atom. The number of aromatic nitrogens is 1. The van der Waals surface area contributed by atoms with Crippen LogP contribution in [0.1, 0.15) is 16.8 Å². The molecule has 0 spiro atoms. The van der Waals surface area contributed by atoms with E-state index in [2.05, 4.69) is 15.6 Å². The maximum absolute atomic E-state index is 14.5. The van der Waals surface area contributed by atoms with Gasteiger partial charge in [-0.3, -0.25) is 4.79 Å². The van der Waals surface area contributed by atoms with Crippen LogP contribution in [0.3, 0.4) is 0 Å². The summed E-state index contributed by atoms with van der Waals surface area (Å²) in [4.78, 5) is 17.6. The summed E-state index contributed by atoms with van der Waals surface area (Å²) in [7, 11) is 3.01. The van der Waals surface area contributed by atoms with Crippen LogP contribution in [0.15, 0.2) is 81.6 Å². The number of aliphatic hydroxyl groups is 2. The number of aliphatic hydroxyl groups excluding tert-OH is 2. The van der Waals surface area contributed by atoms with Crippen molar-refractivity contribution in [1.29, 1.82) is 0 Å². The lowest BCUT2D eigenvalue weighted by atomic mass is 9.96. The summed E-state index contributed by atoms with van der Waals surface area (Å²) in [6.07, 6.45) is -0.672. The van der Waals surface area contributed by atoms with Gasteiger partial charge in [0, 0.05) is 48.5 Å². The molecule has 4 N–H and O–H groups in total. The fourth-order valence-electron chi connectivity index (χ4n) is 5.23. The Balaban J connectivity index is 1.56. The van der Waals surface area contributed by atoms with Gasteiger partial charge in [0.2, 0.25) is 5.89 Å². The first-order valence-corrected chi connectivity index (χ1v) is 14.2. The van der Waals surface area contributed by atoms with Crippen molar-refractivity contribution in [3.63, 3.8) is 0 Å². The first-order chi connectivity index (χ1) is 21.8. The number of carbonyl (C=O) groups excluding carboxylic acids is 1. The smallest absolute Gasteiger partial charge is 0.255 e. The molecule has 0 saturated heterocycles. The topological polar surface area (TPSA) is 130 Å². The van der Waals surface area contributed by atoms with E-state index in [1.54, 1.807) is 30.3 Å². The first-order valence-electron chi connectivity index (χ1n) is 14.2. The predicted octanol–water partition coefficient (Wildman–Crippen LogP) is 6.38. The average molecular weight is 614 g/mol. The molecule has 6 rings (SSSR count). The number of nitrogens with one attached hydrogen (secondary N) is 2. The first kappa shape index (κ1) is 29.8. The SMILES string of the molecule is CNC(=O)c1c(-c2ccc(F)cc2)oc2cc(NCC(O)CCO)c(-c3ccc(OC)c(-c4nc5c(F)cccc5o4)c3)cc12. The molecule has 0 saturated carbocycles. The van der Waals surface area contributed by atoms with Crippen molar-refractivity contribution < 1.29 is 37.4 Å². The Labute approximate surface area is 256 Å². The molecule has 0 radical (unpaired) electrons. The van der Waals surface area contributed by atoms with Gasteiger partial charge in [0.05, 0.1) is 24.3 Å². The summed E-state index contributed by atoms with van der Waals surface area (Å²) in [5.41, 5.74) is 3.81. The van der Waals surface area contributed by atoms with Crippen molar-refractivity contribution in [2.24, 2.45) is 0 Å². The monoisotopic (exact) mass is 613 g/mol. The zero-order valence-corrected chi connectivity index (χ0v) is 24.4. The Morgan fingerprint density at radius 2 is 1.76 bits per heavy atom. The van der Waals surface area contributed by atoms with Crippen LogP contribution in [-0.2, 0) is 0 Å². The molecule has 0 fully saturated rings. The molecule has 0 aliphatic rings. The summed E-state index contributed by atoms with van der Waals surface area (Å²) < 4.78 is 45.9. The molecule has 6 aromatic rings. The van der Waals surface area contributed by atoms with Gasteiger partial charge in [-0.25, -0.2) is 13.8 Å². The van der Waals surface area contributed by atoms with Crippen molar-refractivity contribution >= 4 is 33.7 Å². The van der Waals surface area contributed by atoms with E-state index in [1.807, 2.05) is 6.07 Å². The van der Waals surface area contributed by atoms with Gasteiger partial charge in [0.1, 0.15) is 28.4 Å². The van der Waals surface area contributed by atoms with Crippen molar-refractivity contribution in [2.75, 3.05) is 32.6 Å². The van der Waals surface area contributed by atoms with Crippen LogP contribution in [0.2, 0.25) is 0 Å². The molecule has 4 aromatic carbocycles. The molecule has 1 unspecified atom stereocenters. The summed E-state index contributed by atoms with van der Waals surface area (Å²) in [6.45, 7) is -0.0727. The van der Waals surface area contributed by atoms with E-state index in [-0.39, 0.29) is 47.9 Å². The van der Waals surface area contributed by atoms with E-state index < -0.39 is 23.6 Å². The lowest BCUT2D eigenvalue weighted by molar-refractivity contribution is 0.0964. The standard InChI is InChI=1S/C34H29F2N3O6/c1-37-33(42)30-23-15-22(19-8-11-27(43-2)24(14-19)34-39-31-25(36)4-3-5-28(31)45-34)26(38-17-21(41)12-13-40)16-29(23)44-32(30)18-6-9-20(35)10-7-18/h3-11,14-16,21,38,40-41H,12-13,17H2,1-2H3,(H,37,42). The highest BCUT2D eigenvalue weighted by atomic mass is 19.1. The molecule has 1 atom stereocenters. The number of benzene rings is 4. The lowest BCUT2D eigenvalue weighted by Gasteiger charge is -2.16. The summed E-state index contributed by atoms with van der Waals surface area (Å²) in [5.74, 6) is -0.500. The third kappa shape index (κ3) is 5.70. The highest BCUT2D eigenvalue weighted by Crippen LogP contribution is 2.42. The second-order valence-corrected chi connectivity index (χ2v) is 10.4. The largest absolute Gasteiger partial charge is 0.496 e. The van der Waals surface area contributed by atoms with Gasteiger partial charge in [0.15, 0.2) is 11.4 Å². The minimum Gasteiger partial charge on any atom is -0.496 e. The number of oxazole rings is 1. The van der Waals surface area contributed by atoms with Gasteiger partial charge >= 0.3 is 0 Å². The number of furan rings is 1. The van der Waals surface area contributed by atoms with Gasteiger partial charge in [-0.1, -0.05) is 12.1 Å². The minimum absolute atomic E-state index is 0.0866. The highest BCUT2D eigenvalue weighted by Gasteiger charge is 2.25. The van der Waals surface area contributed by atoms with Crippen LogP contribution in [0.25, 0.3) is 56.0 Å². The number of halogens is 2. The minimum atomic E-state index is -0.840. The Kier molecular flexibility index (Phi) is 8.20. The second kappa shape index (κ2) is 12.4. The van der Waals surface area contributed by atoms with Gasteiger partial charge in [-0.05, 0) is 66.6 Å². The third-order valence-corrected chi connectivity index (χ3v) is 7.49. The molecule has 0 bridgehead atoms. The maximum Gasteiger partial charge on any atom is 0.255 e. The van der Waals surface area contributed by atoms with E-state index in [4.69, 9.17) is 13.6 Å². The van der Waals surface area contributed by atoms with Crippen LogP contribution < -0.4 is 15.4 Å². The average Bonchev–Trinajstić information content (AvgIpc) is 3.66. The highest BCUT2D eigenvalue weighted by molar-refractivity contribution is 6.13. The third-order valence-electron chi connectivity index (χ3n) is 7.49. The van der Waals surface area contributed by atoms with E-state index in [9.17, 15) is 23.8 Å². The van der Waals surface area contributed by atoms with E-state index in [1.165, 1.54) is 50.6 Å². The zero-order valence-electron chi connectivity index (χ0n) is 24.4. The predicted molar refractivity (Wildman–Crippen MR) is 166 cm³/mol. The molecule has 0 aliphatic carbocycles. The molecule has 2 aromatic heterocycles. The fourth-order valence-corrected chi connectivity index (χ4v) is 5.23. The van der Waals surface area contributed by atoms with E-state index >= 15 is 0 Å². The molecule has 11 heteroatoms. The number of hydrogen-bond acceptors (Lipinski definition) is 8. The van der Waals surface area contributed by atoms with Crippen molar-refractivity contribution in [3.05, 3.63) is 90.0 Å². The number of ether oxygens (including phenoxy) is 1. The van der Waals surface area contributed by atoms with Crippen molar-refractivity contribution in [2.45, 2.75) is 12.5 Å². The quantitative estimate of drug-likeness (QED) is 0.140. The number of rotatable bonds is 10. The van der Waals surface area contributed by atoms with Crippen LogP contribution in [0, 0.1) is 11.6 Å². The van der Waals surface area contributed by atoms with Gasteiger partial charge in [-0.15, -0.1) is 0 Å². The number of methoxy groups -OCH3 is 1. The number of carbonyl (C=O) groups is 1. The van der Waals surface area contributed by atoms with Crippen LogP contribution in [0.5, 0.6) is 5.75 Å². The summed E-state index contributed by atoms with van der Waals surface area (Å²) in [6, 6.07) is 18.9. The summed E-state index contributed by atoms with van der Waals surface area (Å²) >= 11 is 0. The second-order valence-electron chi connectivity index (χ2n) is 10.4. The zero-order chi connectivity index (χ0) is 31.7. The van der Waals surface area contributed by atoms with E-state index in [0.29, 0.717) is 44.7 Å². The number of para-hydroxylation sites is 1. The molecule has 230 valence electrons. The Morgan fingerprint density at radius 3 is 2.47 bits per heavy atom. The molecule has 45 heavy (non-hydrogen) atoms.